The van der Waals surface area contributed by atoms with E-state index in [2.05, 4.69) is 4.98 Å². The molecule has 1 rings (SSSR count). The van der Waals surface area contributed by atoms with Gasteiger partial charge in [-0.2, -0.15) is 0 Å². The fourth-order valence-corrected chi connectivity index (χ4v) is 1.82. The Labute approximate surface area is 107 Å². The van der Waals surface area contributed by atoms with Crippen molar-refractivity contribution in [3.63, 3.8) is 0 Å². The van der Waals surface area contributed by atoms with E-state index in [9.17, 15) is 10.1 Å². The van der Waals surface area contributed by atoms with Crippen LogP contribution in [0.1, 0.15) is 20.8 Å². The van der Waals surface area contributed by atoms with Gasteiger partial charge in [0.2, 0.25) is 12.1 Å². The highest BCUT2D eigenvalue weighted by atomic mass is 16.6. The first-order chi connectivity index (χ1) is 8.32. The number of nitro groups is 1. The summed E-state index contributed by atoms with van der Waals surface area (Å²) in [4.78, 5) is 16.3. The van der Waals surface area contributed by atoms with Gasteiger partial charge in [0.1, 0.15) is 0 Å². The number of imidazole rings is 1. The zero-order chi connectivity index (χ0) is 13.9. The average Bonchev–Trinajstić information content (AvgIpc) is 2.68. The van der Waals surface area contributed by atoms with Gasteiger partial charge < -0.3 is 20.7 Å². The van der Waals surface area contributed by atoms with Crippen LogP contribution in [-0.4, -0.2) is 34.1 Å². The van der Waals surface area contributed by atoms with Gasteiger partial charge in [-0.1, -0.05) is 13.8 Å². The molecule has 0 unspecified atom stereocenters. The van der Waals surface area contributed by atoms with Crippen molar-refractivity contribution in [3.8, 4) is 0 Å². The molecule has 1 heterocycles. The normalized spacial score (nSPS) is 11.6. The van der Waals surface area contributed by atoms with E-state index < -0.39 is 4.92 Å². The minimum atomic E-state index is -0.451. The van der Waals surface area contributed by atoms with E-state index in [1.165, 1.54) is 6.33 Å². The maximum absolute atomic E-state index is 11.0. The Balaban J connectivity index is 3.09. The molecule has 0 aliphatic heterocycles. The number of nitrogens with two attached hydrogens (primary N) is 1. The molecule has 0 radical (unpaired) electrons. The summed E-state index contributed by atoms with van der Waals surface area (Å²) in [6.07, 6.45) is 1.46. The Kier molecular flexibility index (Phi) is 4.28. The van der Waals surface area contributed by atoms with Gasteiger partial charge in [-0.15, -0.1) is 0 Å². The first-order valence-corrected chi connectivity index (χ1v) is 5.93. The van der Waals surface area contributed by atoms with Crippen molar-refractivity contribution in [2.75, 3.05) is 24.5 Å². The van der Waals surface area contributed by atoms with Crippen LogP contribution in [0, 0.1) is 15.5 Å². The van der Waals surface area contributed by atoms with E-state index in [1.807, 2.05) is 25.7 Å². The molecule has 0 spiro atoms. The van der Waals surface area contributed by atoms with Crippen molar-refractivity contribution in [1.82, 2.24) is 9.55 Å². The minimum absolute atomic E-state index is 0.103. The van der Waals surface area contributed by atoms with Gasteiger partial charge in [-0.05, 0) is 28.8 Å². The number of aromatic nitrogens is 2. The molecule has 0 bridgehead atoms. The second-order valence-corrected chi connectivity index (χ2v) is 5.14. The van der Waals surface area contributed by atoms with E-state index in [-0.39, 0.29) is 11.2 Å². The molecule has 1 aromatic heterocycles. The van der Waals surface area contributed by atoms with Crippen molar-refractivity contribution in [2.24, 2.45) is 18.2 Å². The van der Waals surface area contributed by atoms with Crippen molar-refractivity contribution >= 4 is 11.6 Å². The number of hydrogen-bond donors (Lipinski definition) is 1. The van der Waals surface area contributed by atoms with Crippen LogP contribution < -0.4 is 10.6 Å². The van der Waals surface area contributed by atoms with Crippen molar-refractivity contribution in [3.05, 3.63) is 16.4 Å². The molecule has 102 valence electrons. The van der Waals surface area contributed by atoms with E-state index in [0.717, 1.165) is 0 Å². The van der Waals surface area contributed by atoms with Crippen LogP contribution >= 0.6 is 0 Å². The Hall–Kier alpha value is -1.63. The summed E-state index contributed by atoms with van der Waals surface area (Å²) in [7, 11) is 1.76. The second-order valence-electron chi connectivity index (χ2n) is 5.14. The zero-order valence-electron chi connectivity index (χ0n) is 11.4. The Morgan fingerprint density at radius 3 is 2.67 bits per heavy atom. The van der Waals surface area contributed by atoms with Crippen LogP contribution in [0.2, 0.25) is 0 Å². The topological polar surface area (TPSA) is 90.2 Å². The summed E-state index contributed by atoms with van der Waals surface area (Å²) < 4.78 is 1.67. The van der Waals surface area contributed by atoms with Crippen LogP contribution in [0.4, 0.5) is 11.6 Å². The number of nitrogens with zero attached hydrogens (tertiary/aromatic N) is 4. The van der Waals surface area contributed by atoms with Gasteiger partial charge in [0.15, 0.2) is 0 Å². The molecule has 0 aliphatic rings. The van der Waals surface area contributed by atoms with Gasteiger partial charge in [-0.25, -0.2) is 0 Å². The number of aryl methyl sites for hydroxylation is 1. The summed E-state index contributed by atoms with van der Waals surface area (Å²) in [5.74, 6) is 0.427. The lowest BCUT2D eigenvalue weighted by molar-refractivity contribution is -0.388. The first-order valence-electron chi connectivity index (χ1n) is 5.93. The number of hydrogen-bond acceptors (Lipinski definition) is 5. The Bertz CT molecular complexity index is 427. The van der Waals surface area contributed by atoms with E-state index >= 15 is 0 Å². The summed E-state index contributed by atoms with van der Waals surface area (Å²) in [5.41, 5.74) is 5.61. The van der Waals surface area contributed by atoms with Crippen LogP contribution in [0.3, 0.4) is 0 Å². The van der Waals surface area contributed by atoms with Crippen LogP contribution in [0.5, 0.6) is 0 Å². The molecular formula is C11H21N5O2. The molecule has 1 aromatic rings. The molecule has 18 heavy (non-hydrogen) atoms. The summed E-state index contributed by atoms with van der Waals surface area (Å²) in [5, 5.41) is 11.0. The van der Waals surface area contributed by atoms with Gasteiger partial charge in [0, 0.05) is 20.1 Å². The Morgan fingerprint density at radius 1 is 1.61 bits per heavy atom. The summed E-state index contributed by atoms with van der Waals surface area (Å²) in [6, 6.07) is 0. The molecule has 7 heteroatoms. The molecule has 0 aromatic carbocycles. The monoisotopic (exact) mass is 255 g/mol. The second kappa shape index (κ2) is 5.34. The number of rotatable bonds is 6. The molecule has 0 atom stereocenters. The van der Waals surface area contributed by atoms with Gasteiger partial charge in [0.05, 0.1) is 0 Å². The molecule has 0 saturated carbocycles. The van der Waals surface area contributed by atoms with E-state index in [0.29, 0.717) is 25.5 Å². The zero-order valence-corrected chi connectivity index (χ0v) is 11.4. The van der Waals surface area contributed by atoms with E-state index in [4.69, 9.17) is 5.73 Å². The van der Waals surface area contributed by atoms with Gasteiger partial charge in [0.25, 0.3) is 0 Å². The quantitative estimate of drug-likeness (QED) is 0.608. The maximum Gasteiger partial charge on any atom is 0.406 e. The summed E-state index contributed by atoms with van der Waals surface area (Å²) in [6.45, 7) is 7.89. The molecule has 0 fully saturated rings. The van der Waals surface area contributed by atoms with Gasteiger partial charge in [-0.3, -0.25) is 4.57 Å². The molecule has 0 saturated heterocycles. The highest BCUT2D eigenvalue weighted by Crippen LogP contribution is 2.28. The van der Waals surface area contributed by atoms with Crippen LogP contribution in [0.25, 0.3) is 0 Å². The highest BCUT2D eigenvalue weighted by Gasteiger charge is 2.28. The number of anilines is 1. The molecule has 7 nitrogen and oxygen atoms in total. The third-order valence-electron chi connectivity index (χ3n) is 2.91. The lowest BCUT2D eigenvalue weighted by atomic mass is 9.93. The standard InChI is InChI=1S/C11H21N5O2/c1-5-15(7-11(2,3)6-12)10-9(16(17)18)13-8-14(10)4/h8H,5-7,12H2,1-4H3. The molecule has 2 N–H and O–H groups in total. The third kappa shape index (κ3) is 2.98. The fraction of sp³-hybridized carbons (Fsp3) is 0.727. The maximum atomic E-state index is 11.0. The largest absolute Gasteiger partial charge is 0.406 e. The van der Waals surface area contributed by atoms with E-state index in [1.54, 1.807) is 11.6 Å². The van der Waals surface area contributed by atoms with Crippen molar-refractivity contribution in [1.29, 1.82) is 0 Å². The molecular weight excluding hydrogens is 234 g/mol. The SMILES string of the molecule is CCN(CC(C)(C)CN)c1c([N+](=O)[O-])ncn1C. The predicted molar refractivity (Wildman–Crippen MR) is 70.6 cm³/mol. The predicted octanol–water partition coefficient (Wildman–Crippen LogP) is 1.14. The minimum Gasteiger partial charge on any atom is -0.358 e. The fourth-order valence-electron chi connectivity index (χ4n) is 1.82. The lowest BCUT2D eigenvalue weighted by Gasteiger charge is -2.31. The van der Waals surface area contributed by atoms with Crippen molar-refractivity contribution in [2.45, 2.75) is 20.8 Å². The van der Waals surface area contributed by atoms with Crippen LogP contribution in [0.15, 0.2) is 6.33 Å². The lowest BCUT2D eigenvalue weighted by Crippen LogP contribution is -2.39. The molecule has 0 amide bonds. The van der Waals surface area contributed by atoms with Crippen LogP contribution in [-0.2, 0) is 7.05 Å². The summed E-state index contributed by atoms with van der Waals surface area (Å²) >= 11 is 0. The average molecular weight is 255 g/mol. The van der Waals surface area contributed by atoms with Crippen molar-refractivity contribution < 1.29 is 4.92 Å². The highest BCUT2D eigenvalue weighted by molar-refractivity contribution is 5.54. The van der Waals surface area contributed by atoms with Gasteiger partial charge >= 0.3 is 5.82 Å². The molecule has 0 aliphatic carbocycles. The smallest absolute Gasteiger partial charge is 0.358 e. The third-order valence-corrected chi connectivity index (χ3v) is 2.91. The first kappa shape index (κ1) is 14.4. The Morgan fingerprint density at radius 2 is 2.22 bits per heavy atom.